The highest BCUT2D eigenvalue weighted by Gasteiger charge is 2.62. The lowest BCUT2D eigenvalue weighted by Crippen LogP contribution is -2.38. The SMILES string of the molecule is N=C(N)c1ccc([C@H]2[C@H]3C(=O)N(Cc4ccc(F)cc4)C(=O)[C@H]3[C@@H]3CCCN32)cc1F. The van der Waals surface area contributed by atoms with Crippen LogP contribution in [0.2, 0.25) is 0 Å². The van der Waals surface area contributed by atoms with Gasteiger partial charge in [0.25, 0.3) is 0 Å². The fraction of sp³-hybridized carbons (Fsp3) is 0.348. The molecule has 3 saturated heterocycles. The highest BCUT2D eigenvalue weighted by molar-refractivity contribution is 6.06. The summed E-state index contributed by atoms with van der Waals surface area (Å²) >= 11 is 0. The summed E-state index contributed by atoms with van der Waals surface area (Å²) in [5, 5.41) is 7.50. The Kier molecular flexibility index (Phi) is 4.62. The van der Waals surface area contributed by atoms with Crippen LogP contribution in [-0.2, 0) is 16.1 Å². The first-order chi connectivity index (χ1) is 14.9. The number of imide groups is 1. The second kappa shape index (κ2) is 7.23. The summed E-state index contributed by atoms with van der Waals surface area (Å²) in [4.78, 5) is 30.1. The Morgan fingerprint density at radius 2 is 1.77 bits per heavy atom. The number of carbonyl (C=O) groups excluding carboxylic acids is 2. The minimum Gasteiger partial charge on any atom is -0.384 e. The largest absolute Gasteiger partial charge is 0.384 e. The molecular weight excluding hydrogens is 402 g/mol. The monoisotopic (exact) mass is 424 g/mol. The van der Waals surface area contributed by atoms with Crippen LogP contribution in [0.15, 0.2) is 42.5 Å². The van der Waals surface area contributed by atoms with Crippen molar-refractivity contribution in [2.24, 2.45) is 17.6 Å². The van der Waals surface area contributed by atoms with Crippen LogP contribution in [0.5, 0.6) is 0 Å². The number of amidine groups is 1. The van der Waals surface area contributed by atoms with Gasteiger partial charge in [0.1, 0.15) is 17.5 Å². The standard InChI is InChI=1S/C23H22F2N4O2/c24-14-6-3-12(4-7-14)11-29-22(30)18-17-2-1-9-28(17)20(19(18)23(29)31)13-5-8-15(21(26)27)16(25)10-13/h3-8,10,17-20H,1-2,9,11H2,(H3,26,27)/t17-,18-,19-,20-/m0/s1. The summed E-state index contributed by atoms with van der Waals surface area (Å²) in [6.07, 6.45) is 1.73. The van der Waals surface area contributed by atoms with E-state index in [1.165, 1.54) is 29.2 Å². The maximum absolute atomic E-state index is 14.6. The Morgan fingerprint density at radius 1 is 1.06 bits per heavy atom. The molecule has 5 rings (SSSR count). The van der Waals surface area contributed by atoms with Gasteiger partial charge in [-0.05, 0) is 54.8 Å². The minimum atomic E-state index is -0.607. The average molecular weight is 424 g/mol. The number of halogens is 2. The number of likely N-dealkylation sites (tertiary alicyclic amines) is 1. The number of nitrogens with two attached hydrogens (primary N) is 1. The zero-order valence-electron chi connectivity index (χ0n) is 16.7. The first kappa shape index (κ1) is 19.8. The van der Waals surface area contributed by atoms with E-state index in [0.29, 0.717) is 11.1 Å². The second-order valence-corrected chi connectivity index (χ2v) is 8.49. The molecule has 31 heavy (non-hydrogen) atoms. The van der Waals surface area contributed by atoms with Crippen molar-refractivity contribution in [2.45, 2.75) is 31.5 Å². The highest BCUT2D eigenvalue weighted by Crippen LogP contribution is 2.53. The van der Waals surface area contributed by atoms with Crippen LogP contribution >= 0.6 is 0 Å². The number of rotatable bonds is 4. The molecule has 3 N–H and O–H groups in total. The minimum absolute atomic E-state index is 0.0167. The molecule has 0 saturated carbocycles. The lowest BCUT2D eigenvalue weighted by molar-refractivity contribution is -0.142. The van der Waals surface area contributed by atoms with Crippen LogP contribution in [-0.4, -0.2) is 40.0 Å². The van der Waals surface area contributed by atoms with Crippen LogP contribution in [0, 0.1) is 28.9 Å². The third-order valence-electron chi connectivity index (χ3n) is 6.82. The molecule has 160 valence electrons. The van der Waals surface area contributed by atoms with Crippen LogP contribution in [0.3, 0.4) is 0 Å². The van der Waals surface area contributed by atoms with E-state index in [9.17, 15) is 18.4 Å². The van der Waals surface area contributed by atoms with Gasteiger partial charge in [0.05, 0.1) is 23.9 Å². The fourth-order valence-electron chi connectivity index (χ4n) is 5.52. The maximum Gasteiger partial charge on any atom is 0.235 e. The van der Waals surface area contributed by atoms with Gasteiger partial charge in [0.15, 0.2) is 0 Å². The first-order valence-electron chi connectivity index (χ1n) is 10.4. The van der Waals surface area contributed by atoms with Crippen molar-refractivity contribution in [3.63, 3.8) is 0 Å². The Morgan fingerprint density at radius 3 is 2.45 bits per heavy atom. The van der Waals surface area contributed by atoms with Gasteiger partial charge in [-0.3, -0.25) is 24.8 Å². The fourth-order valence-corrected chi connectivity index (χ4v) is 5.52. The molecule has 2 aromatic carbocycles. The van der Waals surface area contributed by atoms with E-state index < -0.39 is 23.7 Å². The average Bonchev–Trinajstić information content (AvgIpc) is 3.37. The number of hydrogen-bond acceptors (Lipinski definition) is 4. The van der Waals surface area contributed by atoms with Crippen LogP contribution in [0.1, 0.15) is 35.6 Å². The lowest BCUT2D eigenvalue weighted by Gasteiger charge is -2.29. The van der Waals surface area contributed by atoms with Gasteiger partial charge in [-0.15, -0.1) is 0 Å². The topological polar surface area (TPSA) is 90.5 Å². The third kappa shape index (κ3) is 3.05. The summed E-state index contributed by atoms with van der Waals surface area (Å²) in [6, 6.07) is 9.79. The number of nitrogens with zero attached hydrogens (tertiary/aromatic N) is 2. The molecule has 2 amide bonds. The molecule has 3 aliphatic heterocycles. The van der Waals surface area contributed by atoms with Crippen LogP contribution in [0.4, 0.5) is 8.78 Å². The molecule has 0 radical (unpaired) electrons. The third-order valence-corrected chi connectivity index (χ3v) is 6.82. The van der Waals surface area contributed by atoms with Crippen molar-refractivity contribution in [3.8, 4) is 0 Å². The quantitative estimate of drug-likeness (QED) is 0.448. The molecule has 8 heteroatoms. The summed E-state index contributed by atoms with van der Waals surface area (Å²) in [5.41, 5.74) is 6.75. The van der Waals surface area contributed by atoms with E-state index in [1.807, 2.05) is 0 Å². The van der Waals surface area contributed by atoms with E-state index in [-0.39, 0.29) is 41.6 Å². The highest BCUT2D eigenvalue weighted by atomic mass is 19.1. The summed E-state index contributed by atoms with van der Waals surface area (Å²) in [6.45, 7) is 0.846. The van der Waals surface area contributed by atoms with Gasteiger partial charge in [0, 0.05) is 12.1 Å². The molecule has 0 spiro atoms. The number of hydrogen-bond donors (Lipinski definition) is 2. The van der Waals surface area contributed by atoms with E-state index >= 15 is 0 Å². The Bertz CT molecular complexity index is 1090. The van der Waals surface area contributed by atoms with E-state index in [4.69, 9.17) is 11.1 Å². The van der Waals surface area contributed by atoms with Crippen molar-refractivity contribution in [1.82, 2.24) is 9.80 Å². The van der Waals surface area contributed by atoms with Gasteiger partial charge in [-0.25, -0.2) is 8.78 Å². The molecule has 0 unspecified atom stereocenters. The molecular formula is C23H22F2N4O2. The number of nitrogen functional groups attached to an aromatic ring is 1. The molecule has 3 fully saturated rings. The Balaban J connectivity index is 1.50. The number of carbonyl (C=O) groups is 2. The molecule has 3 heterocycles. The van der Waals surface area contributed by atoms with Crippen molar-refractivity contribution in [2.75, 3.05) is 6.54 Å². The van der Waals surface area contributed by atoms with Crippen molar-refractivity contribution in [3.05, 3.63) is 70.8 Å². The van der Waals surface area contributed by atoms with Gasteiger partial charge >= 0.3 is 0 Å². The van der Waals surface area contributed by atoms with Gasteiger partial charge < -0.3 is 5.73 Å². The smallest absolute Gasteiger partial charge is 0.235 e. The second-order valence-electron chi connectivity index (χ2n) is 8.49. The molecule has 2 aromatic rings. The van der Waals surface area contributed by atoms with Crippen molar-refractivity contribution in [1.29, 1.82) is 5.41 Å². The lowest BCUT2D eigenvalue weighted by atomic mass is 9.85. The van der Waals surface area contributed by atoms with Crippen molar-refractivity contribution >= 4 is 17.6 Å². The van der Waals surface area contributed by atoms with Gasteiger partial charge in [0.2, 0.25) is 11.8 Å². The van der Waals surface area contributed by atoms with Crippen LogP contribution < -0.4 is 5.73 Å². The van der Waals surface area contributed by atoms with Crippen LogP contribution in [0.25, 0.3) is 0 Å². The molecule has 6 nitrogen and oxygen atoms in total. The van der Waals surface area contributed by atoms with E-state index in [0.717, 1.165) is 19.4 Å². The van der Waals surface area contributed by atoms with Crippen molar-refractivity contribution < 1.29 is 18.4 Å². The number of nitrogens with one attached hydrogen (secondary N) is 1. The number of benzene rings is 2. The predicted octanol–water partition coefficient (Wildman–Crippen LogP) is 2.57. The number of fused-ring (bicyclic) bond motifs is 3. The van der Waals surface area contributed by atoms with E-state index in [1.54, 1.807) is 18.2 Å². The number of amides is 2. The normalized spacial score (nSPS) is 27.6. The molecule has 0 bridgehead atoms. The van der Waals surface area contributed by atoms with Gasteiger partial charge in [-0.2, -0.15) is 0 Å². The summed E-state index contributed by atoms with van der Waals surface area (Å²) in [5.74, 6) is -2.86. The predicted molar refractivity (Wildman–Crippen MR) is 109 cm³/mol. The Labute approximate surface area is 178 Å². The zero-order chi connectivity index (χ0) is 21.9. The summed E-state index contributed by atoms with van der Waals surface area (Å²) in [7, 11) is 0. The zero-order valence-corrected chi connectivity index (χ0v) is 16.7. The molecule has 4 atom stereocenters. The van der Waals surface area contributed by atoms with E-state index in [2.05, 4.69) is 4.90 Å². The molecule has 3 aliphatic rings. The maximum atomic E-state index is 14.6. The summed E-state index contributed by atoms with van der Waals surface area (Å²) < 4.78 is 27.8. The Hall–Kier alpha value is -3.13. The first-order valence-corrected chi connectivity index (χ1v) is 10.4. The van der Waals surface area contributed by atoms with Gasteiger partial charge in [-0.1, -0.05) is 18.2 Å². The molecule has 0 aromatic heterocycles. The molecule has 0 aliphatic carbocycles.